The smallest absolute Gasteiger partial charge is 0.225 e. The van der Waals surface area contributed by atoms with Crippen LogP contribution in [-0.2, 0) is 9.53 Å². The van der Waals surface area contributed by atoms with Crippen molar-refractivity contribution >= 4 is 5.91 Å². The molecule has 2 N–H and O–H groups in total. The van der Waals surface area contributed by atoms with E-state index < -0.39 is 0 Å². The SMILES string of the molecule is COC1CCN(C(=O)C2CCC(C)CC2)C(CN)C1. The van der Waals surface area contributed by atoms with Crippen molar-refractivity contribution in [1.29, 1.82) is 0 Å². The zero-order chi connectivity index (χ0) is 13.8. The van der Waals surface area contributed by atoms with E-state index in [1.165, 1.54) is 12.8 Å². The molecule has 4 nitrogen and oxygen atoms in total. The van der Waals surface area contributed by atoms with Gasteiger partial charge >= 0.3 is 0 Å². The minimum atomic E-state index is 0.172. The molecule has 1 heterocycles. The lowest BCUT2D eigenvalue weighted by molar-refractivity contribution is -0.142. The first-order valence-electron chi connectivity index (χ1n) is 7.69. The van der Waals surface area contributed by atoms with E-state index in [0.717, 1.165) is 38.1 Å². The minimum Gasteiger partial charge on any atom is -0.381 e. The van der Waals surface area contributed by atoms with Crippen LogP contribution in [0.1, 0.15) is 45.4 Å². The molecule has 2 unspecified atom stereocenters. The summed E-state index contributed by atoms with van der Waals surface area (Å²) in [4.78, 5) is 14.7. The molecule has 4 heteroatoms. The second-order valence-electron chi connectivity index (χ2n) is 6.26. The molecule has 1 aliphatic carbocycles. The second-order valence-corrected chi connectivity index (χ2v) is 6.26. The summed E-state index contributed by atoms with van der Waals surface area (Å²) in [6.45, 7) is 3.65. The highest BCUT2D eigenvalue weighted by Crippen LogP contribution is 2.31. The lowest BCUT2D eigenvalue weighted by Crippen LogP contribution is -2.53. The number of carbonyl (C=O) groups is 1. The van der Waals surface area contributed by atoms with Crippen molar-refractivity contribution in [3.8, 4) is 0 Å². The fraction of sp³-hybridized carbons (Fsp3) is 0.933. The van der Waals surface area contributed by atoms with E-state index in [9.17, 15) is 4.79 Å². The number of ether oxygens (including phenoxy) is 1. The Kier molecular flexibility index (Phi) is 5.22. The zero-order valence-electron chi connectivity index (χ0n) is 12.3. The van der Waals surface area contributed by atoms with Crippen LogP contribution in [0.15, 0.2) is 0 Å². The van der Waals surface area contributed by atoms with Crippen LogP contribution in [0.5, 0.6) is 0 Å². The monoisotopic (exact) mass is 268 g/mol. The number of nitrogens with two attached hydrogens (primary N) is 1. The van der Waals surface area contributed by atoms with Gasteiger partial charge in [-0.25, -0.2) is 0 Å². The molecule has 0 aromatic rings. The molecular weight excluding hydrogens is 240 g/mol. The summed E-state index contributed by atoms with van der Waals surface area (Å²) in [5.41, 5.74) is 5.85. The summed E-state index contributed by atoms with van der Waals surface area (Å²) in [6.07, 6.45) is 6.60. The lowest BCUT2D eigenvalue weighted by Gasteiger charge is -2.41. The van der Waals surface area contributed by atoms with Crippen LogP contribution < -0.4 is 5.73 Å². The van der Waals surface area contributed by atoms with Gasteiger partial charge in [0.25, 0.3) is 0 Å². The van der Waals surface area contributed by atoms with Gasteiger partial charge in [0, 0.05) is 32.2 Å². The average Bonchev–Trinajstić information content (AvgIpc) is 2.46. The molecule has 1 amide bonds. The van der Waals surface area contributed by atoms with Crippen molar-refractivity contribution in [1.82, 2.24) is 4.90 Å². The molecule has 1 aliphatic heterocycles. The van der Waals surface area contributed by atoms with Gasteiger partial charge in [-0.3, -0.25) is 4.79 Å². The molecule has 2 fully saturated rings. The van der Waals surface area contributed by atoms with Crippen molar-refractivity contribution < 1.29 is 9.53 Å². The third kappa shape index (κ3) is 3.48. The Balaban J connectivity index is 1.94. The van der Waals surface area contributed by atoms with E-state index in [0.29, 0.717) is 12.5 Å². The Morgan fingerprint density at radius 2 is 1.95 bits per heavy atom. The molecule has 19 heavy (non-hydrogen) atoms. The van der Waals surface area contributed by atoms with Crippen molar-refractivity contribution in [2.75, 3.05) is 20.2 Å². The maximum absolute atomic E-state index is 12.7. The van der Waals surface area contributed by atoms with E-state index in [-0.39, 0.29) is 18.1 Å². The van der Waals surface area contributed by atoms with Crippen molar-refractivity contribution in [2.45, 2.75) is 57.6 Å². The highest BCUT2D eigenvalue weighted by atomic mass is 16.5. The number of nitrogens with zero attached hydrogens (tertiary/aromatic N) is 1. The highest BCUT2D eigenvalue weighted by molar-refractivity contribution is 5.79. The van der Waals surface area contributed by atoms with Gasteiger partial charge < -0.3 is 15.4 Å². The van der Waals surface area contributed by atoms with Crippen molar-refractivity contribution in [2.24, 2.45) is 17.6 Å². The van der Waals surface area contributed by atoms with Crippen LogP contribution in [-0.4, -0.2) is 43.2 Å². The number of hydrogen-bond donors (Lipinski definition) is 1. The van der Waals surface area contributed by atoms with E-state index in [1.807, 2.05) is 4.90 Å². The van der Waals surface area contributed by atoms with Crippen LogP contribution in [0.4, 0.5) is 0 Å². The molecule has 1 saturated heterocycles. The first kappa shape index (κ1) is 14.8. The van der Waals surface area contributed by atoms with Crippen LogP contribution >= 0.6 is 0 Å². The fourth-order valence-corrected chi connectivity index (χ4v) is 3.48. The third-order valence-electron chi connectivity index (χ3n) is 4.92. The lowest BCUT2D eigenvalue weighted by atomic mass is 9.81. The van der Waals surface area contributed by atoms with E-state index >= 15 is 0 Å². The normalized spacial score (nSPS) is 36.3. The zero-order valence-corrected chi connectivity index (χ0v) is 12.3. The third-order valence-corrected chi connectivity index (χ3v) is 4.92. The second kappa shape index (κ2) is 6.71. The first-order valence-corrected chi connectivity index (χ1v) is 7.69. The number of rotatable bonds is 3. The summed E-state index contributed by atoms with van der Waals surface area (Å²) in [5.74, 6) is 1.37. The number of methoxy groups -OCH3 is 1. The summed E-state index contributed by atoms with van der Waals surface area (Å²) < 4.78 is 5.42. The Morgan fingerprint density at radius 3 is 2.53 bits per heavy atom. The first-order chi connectivity index (χ1) is 9.15. The molecule has 2 atom stereocenters. The summed E-state index contributed by atoms with van der Waals surface area (Å²) in [5, 5.41) is 0. The van der Waals surface area contributed by atoms with Crippen molar-refractivity contribution in [3.63, 3.8) is 0 Å². The maximum Gasteiger partial charge on any atom is 0.225 e. The Morgan fingerprint density at radius 1 is 1.26 bits per heavy atom. The van der Waals surface area contributed by atoms with Gasteiger partial charge in [0.05, 0.1) is 6.10 Å². The van der Waals surface area contributed by atoms with Gasteiger partial charge in [-0.1, -0.05) is 6.92 Å². The molecule has 1 saturated carbocycles. The van der Waals surface area contributed by atoms with Gasteiger partial charge in [0.1, 0.15) is 0 Å². The van der Waals surface area contributed by atoms with Crippen LogP contribution in [0.3, 0.4) is 0 Å². The van der Waals surface area contributed by atoms with Gasteiger partial charge in [-0.15, -0.1) is 0 Å². The van der Waals surface area contributed by atoms with E-state index in [2.05, 4.69) is 6.92 Å². The van der Waals surface area contributed by atoms with E-state index in [4.69, 9.17) is 10.5 Å². The number of amides is 1. The fourth-order valence-electron chi connectivity index (χ4n) is 3.48. The summed E-state index contributed by atoms with van der Waals surface area (Å²) in [7, 11) is 1.75. The maximum atomic E-state index is 12.7. The standard InChI is InChI=1S/C15H28N2O2/c1-11-3-5-12(6-4-11)15(18)17-8-7-14(19-2)9-13(17)10-16/h11-14H,3-10,16H2,1-2H3. The predicted molar refractivity (Wildman–Crippen MR) is 75.7 cm³/mol. The van der Waals surface area contributed by atoms with Crippen LogP contribution in [0, 0.1) is 11.8 Å². The molecule has 0 bridgehead atoms. The minimum absolute atomic E-state index is 0.172. The highest BCUT2D eigenvalue weighted by Gasteiger charge is 2.35. The molecule has 0 aromatic carbocycles. The number of hydrogen-bond acceptors (Lipinski definition) is 3. The van der Waals surface area contributed by atoms with Gasteiger partial charge in [-0.2, -0.15) is 0 Å². The molecular formula is C15H28N2O2. The van der Waals surface area contributed by atoms with Gasteiger partial charge in [0.2, 0.25) is 5.91 Å². The predicted octanol–water partition coefficient (Wildman–Crippen LogP) is 1.78. The number of carbonyl (C=O) groups excluding carboxylic acids is 1. The Hall–Kier alpha value is -0.610. The molecule has 110 valence electrons. The van der Waals surface area contributed by atoms with Gasteiger partial charge in [0.15, 0.2) is 0 Å². The van der Waals surface area contributed by atoms with Crippen LogP contribution in [0.25, 0.3) is 0 Å². The topological polar surface area (TPSA) is 55.6 Å². The molecule has 0 aromatic heterocycles. The molecule has 2 aliphatic rings. The average molecular weight is 268 g/mol. The molecule has 2 rings (SSSR count). The summed E-state index contributed by atoms with van der Waals surface area (Å²) in [6, 6.07) is 0.172. The van der Waals surface area contributed by atoms with Crippen LogP contribution in [0.2, 0.25) is 0 Å². The largest absolute Gasteiger partial charge is 0.381 e. The van der Waals surface area contributed by atoms with Crippen molar-refractivity contribution in [3.05, 3.63) is 0 Å². The Bertz CT molecular complexity index is 301. The van der Waals surface area contributed by atoms with E-state index in [1.54, 1.807) is 7.11 Å². The van der Waals surface area contributed by atoms with Gasteiger partial charge in [-0.05, 0) is 44.4 Å². The molecule has 0 radical (unpaired) electrons. The quantitative estimate of drug-likeness (QED) is 0.849. The summed E-state index contributed by atoms with van der Waals surface area (Å²) >= 11 is 0. The number of piperidine rings is 1. The number of likely N-dealkylation sites (tertiary alicyclic amines) is 1. The molecule has 0 spiro atoms. The Labute approximate surface area is 116 Å².